The Balaban J connectivity index is 1.54. The lowest BCUT2D eigenvalue weighted by Crippen LogP contribution is -2.27. The van der Waals surface area contributed by atoms with Crippen LogP contribution in [0.2, 0.25) is 5.02 Å². The van der Waals surface area contributed by atoms with Crippen molar-refractivity contribution in [2.45, 2.75) is 6.42 Å². The summed E-state index contributed by atoms with van der Waals surface area (Å²) in [6.45, 7) is 0.572. The summed E-state index contributed by atoms with van der Waals surface area (Å²) in [6, 6.07) is 11.7. The maximum atomic E-state index is 12.1. The highest BCUT2D eigenvalue weighted by atomic mass is 35.5. The summed E-state index contributed by atoms with van der Waals surface area (Å²) in [6.07, 6.45) is 6.13. The molecule has 0 unspecified atom stereocenters. The fourth-order valence-corrected chi connectivity index (χ4v) is 2.65. The molecule has 0 atom stereocenters. The molecule has 5 nitrogen and oxygen atoms in total. The monoisotopic (exact) mass is 328 g/mol. The van der Waals surface area contributed by atoms with Crippen molar-refractivity contribution in [3.05, 3.63) is 71.3 Å². The first kappa shape index (κ1) is 15.4. The molecule has 0 aliphatic rings. The van der Waals surface area contributed by atoms with Crippen LogP contribution < -0.4 is 5.32 Å². The highest BCUT2D eigenvalue weighted by Gasteiger charge is 2.10. The molecule has 2 aromatic heterocycles. The SMILES string of the molecule is Cn1cc(Cl)cc1C(=O)NCCc1ccc(-n2cccn2)cc1. The highest BCUT2D eigenvalue weighted by molar-refractivity contribution is 6.31. The molecule has 0 aliphatic heterocycles. The van der Waals surface area contributed by atoms with Crippen molar-refractivity contribution in [3.8, 4) is 5.69 Å². The van der Waals surface area contributed by atoms with Crippen molar-refractivity contribution in [1.82, 2.24) is 19.7 Å². The third-order valence-electron chi connectivity index (χ3n) is 3.61. The minimum absolute atomic E-state index is 0.118. The van der Waals surface area contributed by atoms with E-state index < -0.39 is 0 Å². The van der Waals surface area contributed by atoms with Crippen molar-refractivity contribution < 1.29 is 4.79 Å². The van der Waals surface area contributed by atoms with Crippen LogP contribution in [0, 0.1) is 0 Å². The van der Waals surface area contributed by atoms with E-state index in [1.165, 1.54) is 0 Å². The van der Waals surface area contributed by atoms with Gasteiger partial charge in [0, 0.05) is 32.2 Å². The Bertz CT molecular complexity index is 791. The van der Waals surface area contributed by atoms with Gasteiger partial charge >= 0.3 is 0 Å². The molecule has 0 saturated carbocycles. The smallest absolute Gasteiger partial charge is 0.267 e. The number of nitrogens with one attached hydrogen (secondary N) is 1. The highest BCUT2D eigenvalue weighted by Crippen LogP contribution is 2.12. The summed E-state index contributed by atoms with van der Waals surface area (Å²) in [5.41, 5.74) is 2.73. The zero-order valence-corrected chi connectivity index (χ0v) is 13.5. The third-order valence-corrected chi connectivity index (χ3v) is 3.82. The number of benzene rings is 1. The molecule has 0 saturated heterocycles. The van der Waals surface area contributed by atoms with E-state index in [0.717, 1.165) is 17.7 Å². The van der Waals surface area contributed by atoms with E-state index in [9.17, 15) is 4.79 Å². The number of rotatable bonds is 5. The number of halogens is 1. The van der Waals surface area contributed by atoms with E-state index in [2.05, 4.69) is 10.4 Å². The normalized spacial score (nSPS) is 10.7. The van der Waals surface area contributed by atoms with Crippen LogP contribution >= 0.6 is 11.6 Å². The Morgan fingerprint density at radius 3 is 2.70 bits per heavy atom. The fraction of sp³-hybridized carbons (Fsp3) is 0.176. The van der Waals surface area contributed by atoms with Crippen molar-refractivity contribution >= 4 is 17.5 Å². The second-order valence-corrected chi connectivity index (χ2v) is 5.71. The first-order valence-corrected chi connectivity index (χ1v) is 7.70. The lowest BCUT2D eigenvalue weighted by Gasteiger charge is -2.07. The van der Waals surface area contributed by atoms with Crippen molar-refractivity contribution in [1.29, 1.82) is 0 Å². The van der Waals surface area contributed by atoms with Crippen LogP contribution in [0.4, 0.5) is 0 Å². The zero-order chi connectivity index (χ0) is 16.2. The number of aryl methyl sites for hydroxylation is 1. The van der Waals surface area contributed by atoms with Crippen LogP contribution in [0.25, 0.3) is 5.69 Å². The molecule has 3 aromatic rings. The fourth-order valence-electron chi connectivity index (χ4n) is 2.40. The number of aromatic nitrogens is 3. The lowest BCUT2D eigenvalue weighted by atomic mass is 10.1. The van der Waals surface area contributed by atoms with E-state index in [1.54, 1.807) is 30.1 Å². The molecule has 0 spiro atoms. The summed E-state index contributed by atoms with van der Waals surface area (Å²) in [5, 5.41) is 7.66. The maximum Gasteiger partial charge on any atom is 0.267 e. The van der Waals surface area contributed by atoms with Gasteiger partial charge in [-0.3, -0.25) is 4.79 Å². The van der Waals surface area contributed by atoms with Gasteiger partial charge in [-0.15, -0.1) is 0 Å². The van der Waals surface area contributed by atoms with Crippen molar-refractivity contribution in [3.63, 3.8) is 0 Å². The first-order chi connectivity index (χ1) is 11.1. The number of carbonyl (C=O) groups excluding carboxylic acids is 1. The van der Waals surface area contributed by atoms with Gasteiger partial charge in [0.2, 0.25) is 0 Å². The van der Waals surface area contributed by atoms with Crippen LogP contribution in [-0.4, -0.2) is 26.8 Å². The standard InChI is InChI=1S/C17H17ClN4O/c1-21-12-14(18)11-16(21)17(23)19-9-7-13-3-5-15(6-4-13)22-10-2-8-20-22/h2-6,8,10-12H,7,9H2,1H3,(H,19,23). The van der Waals surface area contributed by atoms with Gasteiger partial charge in [0.05, 0.1) is 10.7 Å². The molecule has 6 heteroatoms. The lowest BCUT2D eigenvalue weighted by molar-refractivity contribution is 0.0946. The second-order valence-electron chi connectivity index (χ2n) is 5.28. The van der Waals surface area contributed by atoms with Crippen molar-refractivity contribution in [2.24, 2.45) is 7.05 Å². The Hall–Kier alpha value is -2.53. The molecule has 0 fully saturated rings. The van der Waals surface area contributed by atoms with Crippen LogP contribution in [0.5, 0.6) is 0 Å². The Morgan fingerprint density at radius 1 is 1.30 bits per heavy atom. The first-order valence-electron chi connectivity index (χ1n) is 7.32. The van der Waals surface area contributed by atoms with E-state index in [1.807, 2.05) is 41.2 Å². The number of amides is 1. The second kappa shape index (κ2) is 6.71. The van der Waals surface area contributed by atoms with Crippen molar-refractivity contribution in [2.75, 3.05) is 6.54 Å². The topological polar surface area (TPSA) is 51.9 Å². The summed E-state index contributed by atoms with van der Waals surface area (Å²) in [7, 11) is 1.80. The average molecular weight is 329 g/mol. The molecule has 1 aromatic carbocycles. The number of carbonyl (C=O) groups is 1. The van der Waals surface area contributed by atoms with Gasteiger partial charge < -0.3 is 9.88 Å². The molecule has 1 amide bonds. The van der Waals surface area contributed by atoms with Gasteiger partial charge in [-0.2, -0.15) is 5.10 Å². The van der Waals surface area contributed by atoms with E-state index in [-0.39, 0.29) is 5.91 Å². The van der Waals surface area contributed by atoms with Gasteiger partial charge in [-0.25, -0.2) is 4.68 Å². The van der Waals surface area contributed by atoms with Crippen LogP contribution in [0.15, 0.2) is 55.0 Å². The molecule has 0 aliphatic carbocycles. The van der Waals surface area contributed by atoms with E-state index >= 15 is 0 Å². The summed E-state index contributed by atoms with van der Waals surface area (Å²) >= 11 is 5.89. The molecular weight excluding hydrogens is 312 g/mol. The molecule has 23 heavy (non-hydrogen) atoms. The maximum absolute atomic E-state index is 12.1. The minimum Gasteiger partial charge on any atom is -0.350 e. The van der Waals surface area contributed by atoms with Gasteiger partial charge in [0.15, 0.2) is 0 Å². The third kappa shape index (κ3) is 3.63. The van der Waals surface area contributed by atoms with Crippen LogP contribution in [0.1, 0.15) is 16.1 Å². The van der Waals surface area contributed by atoms with E-state index in [4.69, 9.17) is 11.6 Å². The number of nitrogens with zero attached hydrogens (tertiary/aromatic N) is 3. The molecule has 0 bridgehead atoms. The predicted octanol–water partition coefficient (Wildman–Crippen LogP) is 2.84. The Morgan fingerprint density at radius 2 is 2.09 bits per heavy atom. The molecule has 3 rings (SSSR count). The predicted molar refractivity (Wildman–Crippen MR) is 90.0 cm³/mol. The molecular formula is C17H17ClN4O. The van der Waals surface area contributed by atoms with Gasteiger partial charge in [0.25, 0.3) is 5.91 Å². The molecule has 118 valence electrons. The van der Waals surface area contributed by atoms with Gasteiger partial charge in [-0.05, 0) is 36.2 Å². The zero-order valence-electron chi connectivity index (χ0n) is 12.7. The Kier molecular flexibility index (Phi) is 4.48. The average Bonchev–Trinajstić information content (AvgIpc) is 3.17. The largest absolute Gasteiger partial charge is 0.350 e. The summed E-state index contributed by atoms with van der Waals surface area (Å²) < 4.78 is 3.53. The molecule has 0 radical (unpaired) electrons. The summed E-state index contributed by atoms with van der Waals surface area (Å²) in [4.78, 5) is 12.1. The number of hydrogen-bond acceptors (Lipinski definition) is 2. The Labute approximate surface area is 139 Å². The summed E-state index contributed by atoms with van der Waals surface area (Å²) in [5.74, 6) is -0.118. The van der Waals surface area contributed by atoms with E-state index in [0.29, 0.717) is 17.3 Å². The minimum atomic E-state index is -0.118. The molecule has 1 N–H and O–H groups in total. The quantitative estimate of drug-likeness (QED) is 0.783. The number of hydrogen-bond donors (Lipinski definition) is 1. The van der Waals surface area contributed by atoms with Gasteiger partial charge in [0.1, 0.15) is 5.69 Å². The van der Waals surface area contributed by atoms with Gasteiger partial charge in [-0.1, -0.05) is 23.7 Å². The van der Waals surface area contributed by atoms with Crippen LogP contribution in [0.3, 0.4) is 0 Å². The molecule has 2 heterocycles. The van der Waals surface area contributed by atoms with Crippen LogP contribution in [-0.2, 0) is 13.5 Å².